The molecule has 0 bridgehead atoms. The van der Waals surface area contributed by atoms with Crippen molar-refractivity contribution < 1.29 is 9.47 Å². The molecule has 2 saturated heterocycles. The van der Waals surface area contributed by atoms with Crippen molar-refractivity contribution in [3.8, 4) is 6.01 Å². The smallest absolute Gasteiger partial charge is 0.322 e. The van der Waals surface area contributed by atoms with Crippen molar-refractivity contribution in [3.05, 3.63) is 0 Å². The molecule has 144 valence electrons. The van der Waals surface area contributed by atoms with Gasteiger partial charge in [0.1, 0.15) is 0 Å². The summed E-state index contributed by atoms with van der Waals surface area (Å²) in [6.07, 6.45) is 6.41. The number of aromatic nitrogens is 3. The Kier molecular flexibility index (Phi) is 4.67. The maximum absolute atomic E-state index is 5.95. The second kappa shape index (κ2) is 6.83. The first-order valence-corrected chi connectivity index (χ1v) is 9.92. The van der Waals surface area contributed by atoms with Crippen molar-refractivity contribution in [2.24, 2.45) is 11.3 Å². The van der Waals surface area contributed by atoms with E-state index in [1.54, 1.807) is 7.11 Å². The Hall–Kier alpha value is -1.63. The van der Waals surface area contributed by atoms with Gasteiger partial charge in [0, 0.05) is 44.1 Å². The number of hydrogen-bond acceptors (Lipinski definition) is 7. The molecule has 3 atom stereocenters. The third kappa shape index (κ3) is 2.90. The number of rotatable bonds is 4. The lowest BCUT2D eigenvalue weighted by atomic mass is 9.57. The Labute approximate surface area is 156 Å². The standard InChI is InChI=1S/C19H31N5O2/c1-19(2)14(13-9-12-26-15(13)19)23(3)16-20-17(22-18(21-16)25-4)24-10-7-5-6-8-11-24/h13-15H,5-12H2,1-4H3/t13-,14+,15-/m0/s1. The summed E-state index contributed by atoms with van der Waals surface area (Å²) in [4.78, 5) is 18.4. The van der Waals surface area contributed by atoms with Gasteiger partial charge in [-0.25, -0.2) is 0 Å². The van der Waals surface area contributed by atoms with E-state index in [4.69, 9.17) is 14.5 Å². The van der Waals surface area contributed by atoms with E-state index in [1.165, 1.54) is 25.7 Å². The first-order valence-electron chi connectivity index (χ1n) is 9.92. The summed E-state index contributed by atoms with van der Waals surface area (Å²) in [7, 11) is 3.72. The highest BCUT2D eigenvalue weighted by molar-refractivity contribution is 5.43. The molecule has 0 unspecified atom stereocenters. The van der Waals surface area contributed by atoms with Crippen LogP contribution in [0, 0.1) is 11.3 Å². The highest BCUT2D eigenvalue weighted by Crippen LogP contribution is 2.54. The molecule has 0 radical (unpaired) electrons. The normalized spacial score (nSPS) is 30.3. The minimum absolute atomic E-state index is 0.0958. The fourth-order valence-corrected chi connectivity index (χ4v) is 5.20. The Morgan fingerprint density at radius 3 is 2.54 bits per heavy atom. The number of methoxy groups -OCH3 is 1. The number of anilines is 2. The van der Waals surface area contributed by atoms with E-state index < -0.39 is 0 Å². The van der Waals surface area contributed by atoms with E-state index >= 15 is 0 Å². The molecule has 0 spiro atoms. The summed E-state index contributed by atoms with van der Waals surface area (Å²) < 4.78 is 11.3. The predicted molar refractivity (Wildman–Crippen MR) is 101 cm³/mol. The van der Waals surface area contributed by atoms with Gasteiger partial charge in [-0.3, -0.25) is 0 Å². The fraction of sp³-hybridized carbons (Fsp3) is 0.842. The maximum atomic E-state index is 5.95. The lowest BCUT2D eigenvalue weighted by Gasteiger charge is -2.57. The molecule has 2 aliphatic heterocycles. The van der Waals surface area contributed by atoms with Crippen molar-refractivity contribution in [3.63, 3.8) is 0 Å². The summed E-state index contributed by atoms with van der Waals surface area (Å²) in [5, 5.41) is 0. The lowest BCUT2D eigenvalue weighted by Crippen LogP contribution is -2.66. The Morgan fingerprint density at radius 1 is 1.12 bits per heavy atom. The van der Waals surface area contributed by atoms with Gasteiger partial charge in [-0.2, -0.15) is 15.0 Å². The van der Waals surface area contributed by atoms with Crippen LogP contribution in [0.4, 0.5) is 11.9 Å². The lowest BCUT2D eigenvalue weighted by molar-refractivity contribution is -0.101. The molecular weight excluding hydrogens is 330 g/mol. The maximum Gasteiger partial charge on any atom is 0.322 e. The predicted octanol–water partition coefficient (Wildman–Crippen LogP) is 2.51. The van der Waals surface area contributed by atoms with Crippen LogP contribution in [0.1, 0.15) is 46.0 Å². The number of ether oxygens (including phenoxy) is 2. The van der Waals surface area contributed by atoms with Gasteiger partial charge in [0.15, 0.2) is 0 Å². The molecule has 1 aromatic heterocycles. The summed E-state index contributed by atoms with van der Waals surface area (Å²) in [5.74, 6) is 2.01. The third-order valence-corrected chi connectivity index (χ3v) is 6.43. The van der Waals surface area contributed by atoms with Crippen molar-refractivity contribution in [1.29, 1.82) is 0 Å². The molecule has 26 heavy (non-hydrogen) atoms. The van der Waals surface area contributed by atoms with Crippen LogP contribution in [-0.2, 0) is 4.74 Å². The quantitative estimate of drug-likeness (QED) is 0.816. The number of nitrogens with zero attached hydrogens (tertiary/aromatic N) is 5. The minimum atomic E-state index is 0.0958. The van der Waals surface area contributed by atoms with Gasteiger partial charge in [0.05, 0.1) is 13.2 Å². The van der Waals surface area contributed by atoms with Crippen molar-refractivity contribution >= 4 is 11.9 Å². The molecule has 1 saturated carbocycles. The van der Waals surface area contributed by atoms with E-state index in [0.717, 1.165) is 32.1 Å². The number of hydrogen-bond donors (Lipinski definition) is 0. The zero-order chi connectivity index (χ0) is 18.3. The molecule has 3 aliphatic rings. The molecule has 0 amide bonds. The summed E-state index contributed by atoms with van der Waals surface area (Å²) in [6, 6.07) is 0.775. The van der Waals surface area contributed by atoms with E-state index in [-0.39, 0.29) is 5.41 Å². The van der Waals surface area contributed by atoms with Crippen LogP contribution in [0.25, 0.3) is 0 Å². The SMILES string of the molecule is COc1nc(N2CCCCCC2)nc(N(C)[C@@H]2[C@@H]3CCO[C@@H]3C2(C)C)n1. The largest absolute Gasteiger partial charge is 0.467 e. The number of fused-ring (bicyclic) bond motifs is 1. The van der Waals surface area contributed by atoms with Gasteiger partial charge < -0.3 is 19.3 Å². The monoisotopic (exact) mass is 361 g/mol. The molecular formula is C19H31N5O2. The van der Waals surface area contributed by atoms with Gasteiger partial charge in [0.25, 0.3) is 0 Å². The summed E-state index contributed by atoms with van der Waals surface area (Å²) in [6.45, 7) is 7.44. The highest BCUT2D eigenvalue weighted by atomic mass is 16.5. The molecule has 3 fully saturated rings. The zero-order valence-electron chi connectivity index (χ0n) is 16.4. The Morgan fingerprint density at radius 2 is 1.85 bits per heavy atom. The molecule has 1 aliphatic carbocycles. The molecule has 0 aromatic carbocycles. The van der Waals surface area contributed by atoms with Crippen molar-refractivity contribution in [1.82, 2.24) is 15.0 Å². The zero-order valence-corrected chi connectivity index (χ0v) is 16.4. The second-order valence-electron chi connectivity index (χ2n) is 8.44. The fourth-order valence-electron chi connectivity index (χ4n) is 5.20. The van der Waals surface area contributed by atoms with Crippen LogP contribution in [-0.4, -0.2) is 61.0 Å². The van der Waals surface area contributed by atoms with E-state index in [0.29, 0.717) is 30.0 Å². The van der Waals surface area contributed by atoms with Gasteiger partial charge in [0.2, 0.25) is 11.9 Å². The van der Waals surface area contributed by atoms with Crippen molar-refractivity contribution in [2.75, 3.05) is 43.7 Å². The molecule has 7 heteroatoms. The molecule has 1 aromatic rings. The molecule has 0 N–H and O–H groups in total. The van der Waals surface area contributed by atoms with Crippen LogP contribution >= 0.6 is 0 Å². The van der Waals surface area contributed by atoms with Crippen molar-refractivity contribution in [2.45, 2.75) is 58.1 Å². The first-order chi connectivity index (χ1) is 12.5. The van der Waals surface area contributed by atoms with Crippen LogP contribution in [0.5, 0.6) is 6.01 Å². The Bertz CT molecular complexity index is 645. The summed E-state index contributed by atoms with van der Waals surface area (Å²) >= 11 is 0. The van der Waals surface area contributed by atoms with Crippen LogP contribution < -0.4 is 14.5 Å². The van der Waals surface area contributed by atoms with Gasteiger partial charge >= 0.3 is 6.01 Å². The third-order valence-electron chi connectivity index (χ3n) is 6.43. The molecule has 4 rings (SSSR count). The highest BCUT2D eigenvalue weighted by Gasteiger charge is 2.61. The average molecular weight is 361 g/mol. The minimum Gasteiger partial charge on any atom is -0.467 e. The van der Waals surface area contributed by atoms with Gasteiger partial charge in [-0.1, -0.05) is 26.7 Å². The van der Waals surface area contributed by atoms with E-state index in [9.17, 15) is 0 Å². The van der Waals surface area contributed by atoms with Crippen LogP contribution in [0.3, 0.4) is 0 Å². The van der Waals surface area contributed by atoms with Gasteiger partial charge in [-0.15, -0.1) is 0 Å². The molecule has 7 nitrogen and oxygen atoms in total. The van der Waals surface area contributed by atoms with Gasteiger partial charge in [-0.05, 0) is 19.3 Å². The molecule has 3 heterocycles. The Balaban J connectivity index is 1.62. The second-order valence-corrected chi connectivity index (χ2v) is 8.44. The average Bonchev–Trinajstić information content (AvgIpc) is 2.90. The first kappa shape index (κ1) is 17.8. The van der Waals surface area contributed by atoms with E-state index in [1.807, 2.05) is 0 Å². The topological polar surface area (TPSA) is 63.6 Å². The van der Waals surface area contributed by atoms with E-state index in [2.05, 4.69) is 40.7 Å². The summed E-state index contributed by atoms with van der Waals surface area (Å²) in [5.41, 5.74) is 0.0958. The van der Waals surface area contributed by atoms with Crippen LogP contribution in [0.2, 0.25) is 0 Å². The van der Waals surface area contributed by atoms with Crippen LogP contribution in [0.15, 0.2) is 0 Å².